The molecule has 1 fully saturated rings. The predicted molar refractivity (Wildman–Crippen MR) is 62.9 cm³/mol. The third kappa shape index (κ3) is 3.38. The highest BCUT2D eigenvalue weighted by molar-refractivity contribution is 5.77. The van der Waals surface area contributed by atoms with Crippen molar-refractivity contribution in [2.45, 2.75) is 19.4 Å². The first kappa shape index (κ1) is 11.2. The van der Waals surface area contributed by atoms with Crippen molar-refractivity contribution in [3.63, 3.8) is 0 Å². The molecular weight excluding hydrogens is 202 g/mol. The van der Waals surface area contributed by atoms with Crippen molar-refractivity contribution in [3.05, 3.63) is 24.0 Å². The average Bonchev–Trinajstić information content (AvgIpc) is 2.99. The standard InChI is InChI=1S/C12H19N3O/c1-15-6-2-3-11(15)8-14-12(16)9-13-7-10-4-5-10/h2-3,6,10,13H,4-5,7-9H2,1H3,(H,14,16). The topological polar surface area (TPSA) is 46.1 Å². The predicted octanol–water partition coefficient (Wildman–Crippen LogP) is 0.641. The van der Waals surface area contributed by atoms with Crippen molar-refractivity contribution < 1.29 is 4.79 Å². The van der Waals surface area contributed by atoms with E-state index in [1.54, 1.807) is 0 Å². The number of nitrogens with one attached hydrogen (secondary N) is 2. The van der Waals surface area contributed by atoms with E-state index in [9.17, 15) is 4.79 Å². The van der Waals surface area contributed by atoms with Gasteiger partial charge in [0.25, 0.3) is 0 Å². The Bertz CT molecular complexity index is 355. The second-order valence-electron chi connectivity index (χ2n) is 4.46. The summed E-state index contributed by atoms with van der Waals surface area (Å²) in [6.07, 6.45) is 4.61. The van der Waals surface area contributed by atoms with Crippen molar-refractivity contribution in [1.82, 2.24) is 15.2 Å². The van der Waals surface area contributed by atoms with E-state index in [2.05, 4.69) is 10.6 Å². The molecule has 16 heavy (non-hydrogen) atoms. The summed E-state index contributed by atoms with van der Waals surface area (Å²) in [6.45, 7) is 2.02. The molecule has 0 aromatic carbocycles. The fourth-order valence-electron chi connectivity index (χ4n) is 1.64. The highest BCUT2D eigenvalue weighted by atomic mass is 16.1. The Balaban J connectivity index is 1.61. The van der Waals surface area contributed by atoms with Crippen LogP contribution in [0.1, 0.15) is 18.5 Å². The first-order chi connectivity index (χ1) is 7.75. The number of rotatable bonds is 6. The van der Waals surface area contributed by atoms with Gasteiger partial charge in [-0.15, -0.1) is 0 Å². The Labute approximate surface area is 96.0 Å². The van der Waals surface area contributed by atoms with Gasteiger partial charge >= 0.3 is 0 Å². The molecule has 1 saturated carbocycles. The van der Waals surface area contributed by atoms with E-state index in [0.717, 1.165) is 18.2 Å². The second-order valence-corrected chi connectivity index (χ2v) is 4.46. The molecule has 4 nitrogen and oxygen atoms in total. The van der Waals surface area contributed by atoms with Crippen molar-refractivity contribution in [1.29, 1.82) is 0 Å². The Morgan fingerprint density at radius 3 is 3.00 bits per heavy atom. The molecule has 0 saturated heterocycles. The van der Waals surface area contributed by atoms with Gasteiger partial charge in [-0.05, 0) is 37.4 Å². The molecule has 0 bridgehead atoms. The van der Waals surface area contributed by atoms with Crippen LogP contribution in [0.25, 0.3) is 0 Å². The largest absolute Gasteiger partial charge is 0.353 e. The summed E-state index contributed by atoms with van der Waals surface area (Å²) in [5.74, 6) is 0.891. The number of amides is 1. The zero-order valence-electron chi connectivity index (χ0n) is 9.70. The normalized spacial score (nSPS) is 15.1. The minimum absolute atomic E-state index is 0.0712. The van der Waals surface area contributed by atoms with E-state index in [1.165, 1.54) is 12.8 Å². The third-order valence-electron chi connectivity index (χ3n) is 2.93. The lowest BCUT2D eigenvalue weighted by Crippen LogP contribution is -2.34. The molecule has 2 N–H and O–H groups in total. The number of aromatic nitrogens is 1. The molecule has 2 rings (SSSR count). The van der Waals surface area contributed by atoms with Crippen LogP contribution in [0.3, 0.4) is 0 Å². The molecular formula is C12H19N3O. The van der Waals surface area contributed by atoms with Crippen LogP contribution in [0.5, 0.6) is 0 Å². The summed E-state index contributed by atoms with van der Waals surface area (Å²) < 4.78 is 2.01. The minimum atomic E-state index is 0.0712. The summed E-state index contributed by atoms with van der Waals surface area (Å²) in [4.78, 5) is 11.5. The van der Waals surface area contributed by atoms with Gasteiger partial charge in [-0.1, -0.05) is 0 Å². The van der Waals surface area contributed by atoms with Crippen molar-refractivity contribution in [2.24, 2.45) is 13.0 Å². The average molecular weight is 221 g/mol. The van der Waals surface area contributed by atoms with Crippen molar-refractivity contribution in [2.75, 3.05) is 13.1 Å². The van der Waals surface area contributed by atoms with Crippen LogP contribution in [-0.4, -0.2) is 23.6 Å². The van der Waals surface area contributed by atoms with E-state index in [4.69, 9.17) is 0 Å². The molecule has 0 radical (unpaired) electrons. The zero-order chi connectivity index (χ0) is 11.4. The fourth-order valence-corrected chi connectivity index (χ4v) is 1.64. The molecule has 1 aliphatic carbocycles. The van der Waals surface area contributed by atoms with Crippen LogP contribution in [0.2, 0.25) is 0 Å². The van der Waals surface area contributed by atoms with Gasteiger partial charge in [0.05, 0.1) is 13.1 Å². The van der Waals surface area contributed by atoms with Gasteiger partial charge in [-0.2, -0.15) is 0 Å². The van der Waals surface area contributed by atoms with E-state index >= 15 is 0 Å². The van der Waals surface area contributed by atoms with Gasteiger partial charge in [-0.25, -0.2) is 0 Å². The lowest BCUT2D eigenvalue weighted by atomic mass is 10.4. The SMILES string of the molecule is Cn1cccc1CNC(=O)CNCC1CC1. The molecule has 0 unspecified atom stereocenters. The molecule has 0 atom stereocenters. The highest BCUT2D eigenvalue weighted by Crippen LogP contribution is 2.27. The summed E-state index contributed by atoms with van der Waals surface area (Å²) in [5, 5.41) is 6.07. The first-order valence-corrected chi connectivity index (χ1v) is 5.83. The summed E-state index contributed by atoms with van der Waals surface area (Å²) in [5.41, 5.74) is 1.12. The van der Waals surface area contributed by atoms with Crippen LogP contribution in [0, 0.1) is 5.92 Å². The van der Waals surface area contributed by atoms with Crippen LogP contribution in [0.4, 0.5) is 0 Å². The number of hydrogen-bond donors (Lipinski definition) is 2. The highest BCUT2D eigenvalue weighted by Gasteiger charge is 2.20. The molecule has 1 heterocycles. The monoisotopic (exact) mass is 221 g/mol. The molecule has 4 heteroatoms. The maximum Gasteiger partial charge on any atom is 0.234 e. The zero-order valence-corrected chi connectivity index (χ0v) is 9.70. The number of carbonyl (C=O) groups is 1. The van der Waals surface area contributed by atoms with E-state index < -0.39 is 0 Å². The summed E-state index contributed by atoms with van der Waals surface area (Å²) in [6, 6.07) is 3.99. The third-order valence-corrected chi connectivity index (χ3v) is 2.93. The molecule has 0 aliphatic heterocycles. The maximum absolute atomic E-state index is 11.5. The fraction of sp³-hybridized carbons (Fsp3) is 0.583. The lowest BCUT2D eigenvalue weighted by molar-refractivity contribution is -0.120. The molecule has 88 valence electrons. The summed E-state index contributed by atoms with van der Waals surface area (Å²) in [7, 11) is 1.98. The van der Waals surface area contributed by atoms with Gasteiger partial charge in [0.2, 0.25) is 5.91 Å². The van der Waals surface area contributed by atoms with Crippen LogP contribution < -0.4 is 10.6 Å². The van der Waals surface area contributed by atoms with Gasteiger partial charge in [0, 0.05) is 18.9 Å². The Morgan fingerprint density at radius 1 is 1.56 bits per heavy atom. The molecule has 1 aromatic rings. The number of aryl methyl sites for hydroxylation is 1. The quantitative estimate of drug-likeness (QED) is 0.740. The second kappa shape index (κ2) is 5.16. The van der Waals surface area contributed by atoms with E-state index in [0.29, 0.717) is 13.1 Å². The molecule has 1 aliphatic rings. The van der Waals surface area contributed by atoms with Gasteiger partial charge in [-0.3, -0.25) is 4.79 Å². The van der Waals surface area contributed by atoms with Gasteiger partial charge in [0.15, 0.2) is 0 Å². The molecule has 0 spiro atoms. The van der Waals surface area contributed by atoms with Gasteiger partial charge in [0.1, 0.15) is 0 Å². The maximum atomic E-state index is 11.5. The lowest BCUT2D eigenvalue weighted by Gasteiger charge is -2.07. The Kier molecular flexibility index (Phi) is 3.62. The minimum Gasteiger partial charge on any atom is -0.353 e. The van der Waals surface area contributed by atoms with Crippen LogP contribution >= 0.6 is 0 Å². The van der Waals surface area contributed by atoms with Gasteiger partial charge < -0.3 is 15.2 Å². The number of nitrogens with zero attached hydrogens (tertiary/aromatic N) is 1. The van der Waals surface area contributed by atoms with E-state index in [1.807, 2.05) is 29.9 Å². The number of hydrogen-bond acceptors (Lipinski definition) is 2. The molecule has 1 aromatic heterocycles. The van der Waals surface area contributed by atoms with Crippen molar-refractivity contribution >= 4 is 5.91 Å². The molecule has 1 amide bonds. The van der Waals surface area contributed by atoms with Crippen molar-refractivity contribution in [3.8, 4) is 0 Å². The smallest absolute Gasteiger partial charge is 0.234 e. The van der Waals surface area contributed by atoms with E-state index in [-0.39, 0.29) is 5.91 Å². The Hall–Kier alpha value is -1.29. The first-order valence-electron chi connectivity index (χ1n) is 5.83. The van der Waals surface area contributed by atoms with Crippen LogP contribution in [-0.2, 0) is 18.4 Å². The Morgan fingerprint density at radius 2 is 2.38 bits per heavy atom. The van der Waals surface area contributed by atoms with Crippen LogP contribution in [0.15, 0.2) is 18.3 Å². The summed E-state index contributed by atoms with van der Waals surface area (Å²) >= 11 is 0. The number of carbonyl (C=O) groups excluding carboxylic acids is 1.